The Balaban J connectivity index is 1.72. The van der Waals surface area contributed by atoms with Crippen molar-refractivity contribution in [1.82, 2.24) is 0 Å². The Labute approximate surface area is 143 Å². The minimum atomic E-state index is -0.0558. The molecular weight excluding hydrogens is 330 g/mol. The number of rotatable bonds is 4. The number of nitrogens with one attached hydrogen (secondary N) is 1. The van der Waals surface area contributed by atoms with Gasteiger partial charge < -0.3 is 5.32 Å². The Morgan fingerprint density at radius 2 is 1.77 bits per heavy atom. The van der Waals surface area contributed by atoms with E-state index >= 15 is 0 Å². The first kappa shape index (κ1) is 15.8. The lowest BCUT2D eigenvalue weighted by Crippen LogP contribution is -2.12. The zero-order valence-corrected chi connectivity index (χ0v) is 14.7. The fraction of sp³-hybridized carbons (Fsp3) is 0.235. The van der Waals surface area contributed by atoms with Crippen molar-refractivity contribution in [3.63, 3.8) is 0 Å². The number of carbonyl (C=O) groups is 1. The molecule has 0 bridgehead atoms. The Morgan fingerprint density at radius 3 is 2.45 bits per heavy atom. The number of thioether (sulfide) groups is 3. The van der Waals surface area contributed by atoms with Crippen LogP contribution in [-0.4, -0.2) is 23.7 Å². The Bertz CT molecular complexity index is 651. The van der Waals surface area contributed by atoms with E-state index in [2.05, 4.69) is 17.4 Å². The lowest BCUT2D eigenvalue weighted by molar-refractivity contribution is 0.102. The molecule has 0 spiro atoms. The molecular formula is C17H17NOS3. The van der Waals surface area contributed by atoms with E-state index < -0.39 is 0 Å². The molecule has 0 saturated carbocycles. The first-order valence-electron chi connectivity index (χ1n) is 7.05. The highest BCUT2D eigenvalue weighted by atomic mass is 32.2. The van der Waals surface area contributed by atoms with Crippen LogP contribution >= 0.6 is 35.3 Å². The van der Waals surface area contributed by atoms with E-state index in [0.717, 1.165) is 10.6 Å². The van der Waals surface area contributed by atoms with Crippen molar-refractivity contribution in [2.45, 2.75) is 9.48 Å². The van der Waals surface area contributed by atoms with Gasteiger partial charge >= 0.3 is 0 Å². The molecule has 0 atom stereocenters. The number of amides is 1. The molecule has 3 rings (SSSR count). The third-order valence-corrected chi connectivity index (χ3v) is 7.32. The number of para-hydroxylation sites is 1. The predicted octanol–water partition coefficient (Wildman–Crippen LogP) is 5.14. The van der Waals surface area contributed by atoms with Crippen molar-refractivity contribution in [2.24, 2.45) is 0 Å². The van der Waals surface area contributed by atoms with Crippen molar-refractivity contribution in [2.75, 3.05) is 23.1 Å². The highest BCUT2D eigenvalue weighted by Gasteiger charge is 2.18. The summed E-state index contributed by atoms with van der Waals surface area (Å²) in [5.74, 6) is 2.37. The molecule has 114 valence electrons. The van der Waals surface area contributed by atoms with E-state index in [4.69, 9.17) is 0 Å². The van der Waals surface area contributed by atoms with Gasteiger partial charge in [0.25, 0.3) is 5.91 Å². The van der Waals surface area contributed by atoms with E-state index in [9.17, 15) is 4.79 Å². The number of carbonyl (C=O) groups excluding carboxylic acids is 1. The largest absolute Gasteiger partial charge is 0.321 e. The molecule has 1 fully saturated rings. The average Bonchev–Trinajstić information content (AvgIpc) is 3.10. The molecule has 0 radical (unpaired) electrons. The van der Waals surface area contributed by atoms with Crippen molar-refractivity contribution in [3.05, 3.63) is 59.7 Å². The van der Waals surface area contributed by atoms with Crippen LogP contribution in [0.25, 0.3) is 0 Å². The Kier molecular flexibility index (Phi) is 5.39. The summed E-state index contributed by atoms with van der Waals surface area (Å²) >= 11 is 5.59. The summed E-state index contributed by atoms with van der Waals surface area (Å²) < 4.78 is 0.523. The molecule has 2 aromatic carbocycles. The molecule has 0 aliphatic carbocycles. The minimum absolute atomic E-state index is 0.0558. The first-order valence-corrected chi connectivity index (χ1v) is 10.4. The van der Waals surface area contributed by atoms with Crippen molar-refractivity contribution in [3.8, 4) is 0 Å². The maximum atomic E-state index is 12.4. The fourth-order valence-corrected chi connectivity index (χ4v) is 5.70. The van der Waals surface area contributed by atoms with Gasteiger partial charge in [-0.1, -0.05) is 24.3 Å². The normalized spacial score (nSPS) is 15.0. The quantitative estimate of drug-likeness (QED) is 0.776. The van der Waals surface area contributed by atoms with Crippen LogP contribution < -0.4 is 5.32 Å². The average molecular weight is 348 g/mol. The zero-order valence-electron chi connectivity index (χ0n) is 12.2. The molecule has 1 aliphatic rings. The van der Waals surface area contributed by atoms with Gasteiger partial charge in [0.05, 0.1) is 10.3 Å². The second-order valence-corrected chi connectivity index (χ2v) is 8.42. The molecule has 1 heterocycles. The predicted molar refractivity (Wildman–Crippen MR) is 100 cm³/mol. The lowest BCUT2D eigenvalue weighted by Gasteiger charge is -2.11. The topological polar surface area (TPSA) is 29.1 Å². The summed E-state index contributed by atoms with van der Waals surface area (Å²) in [6.45, 7) is 0. The monoisotopic (exact) mass is 347 g/mol. The molecule has 0 aromatic heterocycles. The first-order chi connectivity index (χ1) is 10.8. The molecule has 2 nitrogen and oxygen atoms in total. The molecule has 1 aliphatic heterocycles. The van der Waals surface area contributed by atoms with Gasteiger partial charge in [0.15, 0.2) is 0 Å². The highest BCUT2D eigenvalue weighted by molar-refractivity contribution is 8.19. The number of hydrogen-bond donors (Lipinski definition) is 1. The molecule has 1 amide bonds. The van der Waals surface area contributed by atoms with E-state index in [1.807, 2.05) is 66.2 Å². The van der Waals surface area contributed by atoms with Gasteiger partial charge in [-0.05, 0) is 36.1 Å². The number of hydrogen-bond acceptors (Lipinski definition) is 4. The highest BCUT2D eigenvalue weighted by Crippen LogP contribution is 2.45. The smallest absolute Gasteiger partial charge is 0.255 e. The van der Waals surface area contributed by atoms with Crippen LogP contribution in [0.3, 0.4) is 0 Å². The molecule has 0 unspecified atom stereocenters. The van der Waals surface area contributed by atoms with Gasteiger partial charge in [-0.3, -0.25) is 4.79 Å². The summed E-state index contributed by atoms with van der Waals surface area (Å²) in [5, 5.41) is 3.00. The maximum absolute atomic E-state index is 12.4. The summed E-state index contributed by atoms with van der Waals surface area (Å²) in [6, 6.07) is 15.9. The summed E-state index contributed by atoms with van der Waals surface area (Å²) in [4.78, 5) is 13.5. The van der Waals surface area contributed by atoms with Gasteiger partial charge in [-0.25, -0.2) is 0 Å². The van der Waals surface area contributed by atoms with Gasteiger partial charge in [-0.2, -0.15) is 0 Å². The van der Waals surface area contributed by atoms with Gasteiger partial charge in [0.1, 0.15) is 0 Å². The fourth-order valence-electron chi connectivity index (χ4n) is 2.28. The van der Waals surface area contributed by atoms with Gasteiger partial charge in [0.2, 0.25) is 0 Å². The van der Waals surface area contributed by atoms with Crippen LogP contribution in [0, 0.1) is 0 Å². The second kappa shape index (κ2) is 7.49. The van der Waals surface area contributed by atoms with Crippen molar-refractivity contribution >= 4 is 46.9 Å². The van der Waals surface area contributed by atoms with Crippen LogP contribution in [0.1, 0.15) is 20.5 Å². The standard InChI is InChI=1S/C17H17NOS3/c1-20-15-5-3-2-4-14(15)18-16(19)12-6-8-13(9-7-12)17-21-10-11-22-17/h2-9,17H,10-11H2,1H3,(H,18,19). The number of benzene rings is 2. The summed E-state index contributed by atoms with van der Waals surface area (Å²) in [5.41, 5.74) is 2.87. The van der Waals surface area contributed by atoms with Crippen LogP contribution in [-0.2, 0) is 0 Å². The van der Waals surface area contributed by atoms with E-state index in [1.165, 1.54) is 17.1 Å². The van der Waals surface area contributed by atoms with Crippen molar-refractivity contribution < 1.29 is 4.79 Å². The van der Waals surface area contributed by atoms with E-state index in [0.29, 0.717) is 10.1 Å². The third kappa shape index (κ3) is 3.65. The van der Waals surface area contributed by atoms with Crippen LogP contribution in [0.2, 0.25) is 0 Å². The third-order valence-electron chi connectivity index (χ3n) is 3.42. The SMILES string of the molecule is CSc1ccccc1NC(=O)c1ccc(C2SCCS2)cc1. The molecule has 2 aromatic rings. The second-order valence-electron chi connectivity index (χ2n) is 4.85. The number of anilines is 1. The van der Waals surface area contributed by atoms with Crippen molar-refractivity contribution in [1.29, 1.82) is 0 Å². The zero-order chi connectivity index (χ0) is 15.4. The van der Waals surface area contributed by atoms with Gasteiger partial charge in [0, 0.05) is 22.0 Å². The Hall–Kier alpha value is -1.04. The van der Waals surface area contributed by atoms with Crippen LogP contribution in [0.15, 0.2) is 53.4 Å². The molecule has 1 saturated heterocycles. The van der Waals surface area contributed by atoms with E-state index in [-0.39, 0.29) is 5.91 Å². The maximum Gasteiger partial charge on any atom is 0.255 e. The van der Waals surface area contributed by atoms with Crippen LogP contribution in [0.5, 0.6) is 0 Å². The molecule has 22 heavy (non-hydrogen) atoms. The Morgan fingerprint density at radius 1 is 1.09 bits per heavy atom. The van der Waals surface area contributed by atoms with E-state index in [1.54, 1.807) is 11.8 Å². The molecule has 1 N–H and O–H groups in total. The summed E-state index contributed by atoms with van der Waals surface area (Å²) in [6.07, 6.45) is 2.01. The minimum Gasteiger partial charge on any atom is -0.321 e. The summed E-state index contributed by atoms with van der Waals surface area (Å²) in [7, 11) is 0. The lowest BCUT2D eigenvalue weighted by atomic mass is 10.1. The van der Waals surface area contributed by atoms with Gasteiger partial charge in [-0.15, -0.1) is 35.3 Å². The van der Waals surface area contributed by atoms with Crippen LogP contribution in [0.4, 0.5) is 5.69 Å². The molecule has 5 heteroatoms.